The third-order valence-corrected chi connectivity index (χ3v) is 4.69. The smallest absolute Gasteiger partial charge is 0.226 e. The van der Waals surface area contributed by atoms with Gasteiger partial charge in [0.1, 0.15) is 5.75 Å². The zero-order valence-electron chi connectivity index (χ0n) is 12.0. The van der Waals surface area contributed by atoms with E-state index in [1.807, 2.05) is 24.3 Å². The van der Waals surface area contributed by atoms with Crippen LogP contribution in [0.15, 0.2) is 24.3 Å². The molecule has 0 atom stereocenters. The molecule has 3 rings (SSSR count). The molecule has 1 N–H and O–H groups in total. The van der Waals surface area contributed by atoms with E-state index in [0.29, 0.717) is 12.8 Å². The average Bonchev–Trinajstić information content (AvgIpc) is 3.06. The number of aryl methyl sites for hydroxylation is 3. The summed E-state index contributed by atoms with van der Waals surface area (Å²) in [4.78, 5) is 17.8. The van der Waals surface area contributed by atoms with Gasteiger partial charge in [-0.1, -0.05) is 12.1 Å². The highest BCUT2D eigenvalue weighted by atomic mass is 32.1. The second-order valence-corrected chi connectivity index (χ2v) is 6.23. The number of ether oxygens (including phenoxy) is 1. The summed E-state index contributed by atoms with van der Waals surface area (Å²) in [5, 5.41) is 3.65. The molecule has 1 aliphatic carbocycles. The topological polar surface area (TPSA) is 51.2 Å². The number of fused-ring (bicyclic) bond motifs is 1. The Morgan fingerprint density at radius 1 is 1.43 bits per heavy atom. The van der Waals surface area contributed by atoms with Crippen LogP contribution in [0.5, 0.6) is 5.75 Å². The number of thiazole rings is 1. The van der Waals surface area contributed by atoms with Gasteiger partial charge in [-0.25, -0.2) is 4.98 Å². The molecule has 0 fully saturated rings. The van der Waals surface area contributed by atoms with Gasteiger partial charge in [-0.3, -0.25) is 4.79 Å². The minimum atomic E-state index is 0.0187. The molecule has 110 valence electrons. The van der Waals surface area contributed by atoms with Crippen LogP contribution in [0.25, 0.3) is 0 Å². The van der Waals surface area contributed by atoms with Crippen molar-refractivity contribution < 1.29 is 9.53 Å². The van der Waals surface area contributed by atoms with E-state index in [-0.39, 0.29) is 5.91 Å². The zero-order valence-corrected chi connectivity index (χ0v) is 12.8. The van der Waals surface area contributed by atoms with Crippen LogP contribution in [0.4, 0.5) is 5.13 Å². The lowest BCUT2D eigenvalue weighted by molar-refractivity contribution is -0.116. The van der Waals surface area contributed by atoms with Crippen LogP contribution in [0.2, 0.25) is 0 Å². The largest absolute Gasteiger partial charge is 0.497 e. The molecule has 0 aliphatic heterocycles. The standard InChI is InChI=1S/C16H18N2O2S/c1-20-12-5-2-4-11(10-12)8-9-15(19)18-16-17-13-6-3-7-14(13)21-16/h2,4-5,10H,3,6-9H2,1H3,(H,17,18,19). The molecule has 1 aromatic heterocycles. The molecule has 0 saturated heterocycles. The average molecular weight is 302 g/mol. The lowest BCUT2D eigenvalue weighted by atomic mass is 10.1. The number of nitrogens with zero attached hydrogens (tertiary/aromatic N) is 1. The van der Waals surface area contributed by atoms with Gasteiger partial charge in [-0.05, 0) is 43.4 Å². The second kappa shape index (κ2) is 6.26. The molecule has 0 unspecified atom stereocenters. The summed E-state index contributed by atoms with van der Waals surface area (Å²) in [6, 6.07) is 7.82. The third kappa shape index (κ3) is 3.42. The Morgan fingerprint density at radius 2 is 2.33 bits per heavy atom. The molecule has 5 heteroatoms. The summed E-state index contributed by atoms with van der Waals surface area (Å²) in [5.41, 5.74) is 2.27. The van der Waals surface area contributed by atoms with Gasteiger partial charge in [0.15, 0.2) is 5.13 Å². The van der Waals surface area contributed by atoms with Crippen molar-refractivity contribution in [2.45, 2.75) is 32.1 Å². The lowest BCUT2D eigenvalue weighted by Crippen LogP contribution is -2.12. The highest BCUT2D eigenvalue weighted by Gasteiger charge is 2.17. The van der Waals surface area contributed by atoms with Crippen LogP contribution >= 0.6 is 11.3 Å². The maximum absolute atomic E-state index is 12.0. The quantitative estimate of drug-likeness (QED) is 0.922. The Bertz CT molecular complexity index is 630. The van der Waals surface area contributed by atoms with Gasteiger partial charge in [0.25, 0.3) is 0 Å². The maximum atomic E-state index is 12.0. The van der Waals surface area contributed by atoms with Gasteiger partial charge >= 0.3 is 0 Å². The van der Waals surface area contributed by atoms with E-state index in [1.165, 1.54) is 17.0 Å². The fourth-order valence-corrected chi connectivity index (χ4v) is 3.58. The van der Waals surface area contributed by atoms with Crippen molar-refractivity contribution >= 4 is 22.4 Å². The van der Waals surface area contributed by atoms with Gasteiger partial charge in [0, 0.05) is 11.3 Å². The summed E-state index contributed by atoms with van der Waals surface area (Å²) in [5.74, 6) is 0.842. The number of carbonyl (C=O) groups excluding carboxylic acids is 1. The molecule has 1 aromatic carbocycles. The fraction of sp³-hybridized carbons (Fsp3) is 0.375. The first kappa shape index (κ1) is 14.1. The molecular weight excluding hydrogens is 284 g/mol. The van der Waals surface area contributed by atoms with Crippen LogP contribution in [-0.2, 0) is 24.1 Å². The minimum absolute atomic E-state index is 0.0187. The number of rotatable bonds is 5. The van der Waals surface area contributed by atoms with Crippen molar-refractivity contribution in [1.82, 2.24) is 4.98 Å². The Hall–Kier alpha value is -1.88. The predicted octanol–water partition coefficient (Wildman–Crippen LogP) is 3.21. The maximum Gasteiger partial charge on any atom is 0.226 e. The summed E-state index contributed by atoms with van der Waals surface area (Å²) in [6.07, 6.45) is 4.50. The Balaban J connectivity index is 1.53. The molecule has 0 radical (unpaired) electrons. The highest BCUT2D eigenvalue weighted by molar-refractivity contribution is 7.15. The lowest BCUT2D eigenvalue weighted by Gasteiger charge is -2.04. The van der Waals surface area contributed by atoms with Gasteiger partial charge < -0.3 is 10.1 Å². The van der Waals surface area contributed by atoms with Crippen molar-refractivity contribution in [3.05, 3.63) is 40.4 Å². The van der Waals surface area contributed by atoms with Crippen molar-refractivity contribution in [3.63, 3.8) is 0 Å². The SMILES string of the molecule is COc1cccc(CCC(=O)Nc2nc3c(s2)CCC3)c1. The number of carbonyl (C=O) groups is 1. The summed E-state index contributed by atoms with van der Waals surface area (Å²) in [6.45, 7) is 0. The van der Waals surface area contributed by atoms with Crippen molar-refractivity contribution in [3.8, 4) is 5.75 Å². The molecule has 0 spiro atoms. The number of amides is 1. The number of anilines is 1. The molecule has 4 nitrogen and oxygen atoms in total. The molecule has 1 aliphatic rings. The Labute approximate surface area is 128 Å². The van der Waals surface area contributed by atoms with E-state index in [0.717, 1.165) is 29.3 Å². The van der Waals surface area contributed by atoms with Gasteiger partial charge in [0.05, 0.1) is 12.8 Å². The number of hydrogen-bond donors (Lipinski definition) is 1. The first-order chi connectivity index (χ1) is 10.2. The number of benzene rings is 1. The van der Waals surface area contributed by atoms with Gasteiger partial charge in [0.2, 0.25) is 5.91 Å². The second-order valence-electron chi connectivity index (χ2n) is 5.14. The van der Waals surface area contributed by atoms with E-state index in [4.69, 9.17) is 4.74 Å². The number of hydrogen-bond acceptors (Lipinski definition) is 4. The fourth-order valence-electron chi connectivity index (χ4n) is 2.51. The summed E-state index contributed by atoms with van der Waals surface area (Å²) in [7, 11) is 1.65. The van der Waals surface area contributed by atoms with E-state index < -0.39 is 0 Å². The molecule has 1 amide bonds. The van der Waals surface area contributed by atoms with E-state index in [1.54, 1.807) is 18.4 Å². The first-order valence-electron chi connectivity index (χ1n) is 7.16. The van der Waals surface area contributed by atoms with Crippen LogP contribution in [-0.4, -0.2) is 18.0 Å². The van der Waals surface area contributed by atoms with Crippen LogP contribution in [0, 0.1) is 0 Å². The number of nitrogens with one attached hydrogen (secondary N) is 1. The summed E-state index contributed by atoms with van der Waals surface area (Å²) >= 11 is 1.62. The molecule has 0 bridgehead atoms. The molecule has 1 heterocycles. The number of methoxy groups -OCH3 is 1. The third-order valence-electron chi connectivity index (χ3n) is 3.62. The van der Waals surface area contributed by atoms with Crippen LogP contribution < -0.4 is 10.1 Å². The Morgan fingerprint density at radius 3 is 3.14 bits per heavy atom. The van der Waals surface area contributed by atoms with Crippen molar-refractivity contribution in [2.24, 2.45) is 0 Å². The molecule has 2 aromatic rings. The van der Waals surface area contributed by atoms with Gasteiger partial charge in [-0.15, -0.1) is 11.3 Å². The predicted molar refractivity (Wildman–Crippen MR) is 84.1 cm³/mol. The summed E-state index contributed by atoms with van der Waals surface area (Å²) < 4.78 is 5.18. The van der Waals surface area contributed by atoms with Gasteiger partial charge in [-0.2, -0.15) is 0 Å². The van der Waals surface area contributed by atoms with E-state index in [2.05, 4.69) is 10.3 Å². The normalized spacial score (nSPS) is 13.0. The molecule has 21 heavy (non-hydrogen) atoms. The molecular formula is C16H18N2O2S. The number of aromatic nitrogens is 1. The zero-order chi connectivity index (χ0) is 14.7. The minimum Gasteiger partial charge on any atom is -0.497 e. The van der Waals surface area contributed by atoms with Crippen molar-refractivity contribution in [1.29, 1.82) is 0 Å². The first-order valence-corrected chi connectivity index (χ1v) is 7.97. The monoisotopic (exact) mass is 302 g/mol. The van der Waals surface area contributed by atoms with Crippen molar-refractivity contribution in [2.75, 3.05) is 12.4 Å². The molecule has 0 saturated carbocycles. The van der Waals surface area contributed by atoms with E-state index in [9.17, 15) is 4.79 Å². The highest BCUT2D eigenvalue weighted by Crippen LogP contribution is 2.30. The van der Waals surface area contributed by atoms with Crippen LogP contribution in [0.1, 0.15) is 29.0 Å². The van der Waals surface area contributed by atoms with Crippen LogP contribution in [0.3, 0.4) is 0 Å². The Kier molecular flexibility index (Phi) is 4.20. The van der Waals surface area contributed by atoms with E-state index >= 15 is 0 Å².